The van der Waals surface area contributed by atoms with Crippen LogP contribution in [-0.4, -0.2) is 412 Å². The Kier molecular flexibility index (Phi) is 35.2. The highest BCUT2D eigenvalue weighted by molar-refractivity contribution is 7.86. The zero-order valence-electron chi connectivity index (χ0n) is 65.0. The van der Waals surface area contributed by atoms with Crippen LogP contribution in [0.25, 0.3) is 0 Å². The minimum absolute atomic E-state index is 0.0658. The number of hydrogen-bond donors (Lipinski definition) is 0. The van der Waals surface area contributed by atoms with Crippen molar-refractivity contribution < 1.29 is 174 Å². The summed E-state index contributed by atoms with van der Waals surface area (Å²) in [5, 5.41) is 0. The Hall–Kier alpha value is -2.23. The monoisotopic (exact) mass is 1570 g/mol. The Morgan fingerprint density at radius 2 is 0.393 bits per heavy atom. The Labute approximate surface area is 626 Å². The standard InChI is InChI=1S/C69H116O37S/c1-33-22-24-34(25-23-33)107(70,71)92-32-41-48-55(84-14)62(91-21)69(99-41)105-47-40(31-77-7)97-67(60(89-19)54(47)83-13)103-45-38(29-75-5)95-65(58(87-17)52(45)81-11)101-43-36(27-73-3)93-63(56(85-15)50(43)79-9)100-42-35(26-72-2)94-64(57(86-16)49(42)78-8)102-44-37(28-74-4)96-66(59(88-18)51(44)80-10)104-46-39(30-76-6)98-68(106-48)61(90-20)53(46)82-12/h22-25,35-69H,26-32H2,1-21H3/t35-,36-,37-,38-,39-,40-,41-,42-,43-,44-,45-,46-,47-,48-,49+,50+,51+,52+,53+,54+,55+,56-,57-,58-,59-,60-,61-,62-,63-,64-,65-,66-,67-,68-,69-/m1/s1. The van der Waals surface area contributed by atoms with Gasteiger partial charge in [0.15, 0.2) is 44.0 Å². The highest BCUT2D eigenvalue weighted by Crippen LogP contribution is 2.43. The van der Waals surface area contributed by atoms with Crippen molar-refractivity contribution in [3.63, 3.8) is 0 Å². The number of benzene rings is 1. The molecule has 620 valence electrons. The van der Waals surface area contributed by atoms with Crippen molar-refractivity contribution in [2.45, 2.75) is 227 Å². The molecular formula is C69H116O37S. The summed E-state index contributed by atoms with van der Waals surface area (Å²) in [5.74, 6) is 0. The predicted octanol–water partition coefficient (Wildman–Crippen LogP) is -0.427. The van der Waals surface area contributed by atoms with Crippen molar-refractivity contribution in [1.82, 2.24) is 0 Å². The van der Waals surface area contributed by atoms with E-state index >= 15 is 0 Å². The zero-order valence-corrected chi connectivity index (χ0v) is 65.8. The largest absolute Gasteiger partial charge is 0.382 e. The molecule has 0 radical (unpaired) electrons. The maximum atomic E-state index is 14.3. The lowest BCUT2D eigenvalue weighted by atomic mass is 9.94. The van der Waals surface area contributed by atoms with Crippen LogP contribution in [0.4, 0.5) is 0 Å². The van der Waals surface area contributed by atoms with Gasteiger partial charge in [0.25, 0.3) is 10.1 Å². The van der Waals surface area contributed by atoms with Gasteiger partial charge in [-0.1, -0.05) is 17.7 Å². The molecule has 1 aromatic carbocycles. The maximum absolute atomic E-state index is 14.3. The third kappa shape index (κ3) is 19.7. The lowest BCUT2D eigenvalue weighted by Crippen LogP contribution is -2.69. The summed E-state index contributed by atoms with van der Waals surface area (Å²) >= 11 is 0. The molecule has 0 spiro atoms. The van der Waals surface area contributed by atoms with E-state index in [2.05, 4.69) is 0 Å². The van der Waals surface area contributed by atoms with Crippen molar-refractivity contribution in [3.05, 3.63) is 29.8 Å². The fourth-order valence-corrected chi connectivity index (χ4v) is 16.5. The number of aryl methyl sites for hydroxylation is 1. The molecule has 0 saturated carbocycles. The summed E-state index contributed by atoms with van der Waals surface area (Å²) in [4.78, 5) is -0.129. The number of hydrogen-bond acceptors (Lipinski definition) is 37. The van der Waals surface area contributed by atoms with Gasteiger partial charge in [-0.25, -0.2) is 0 Å². The van der Waals surface area contributed by atoms with Gasteiger partial charge in [-0.05, 0) is 19.1 Å². The maximum Gasteiger partial charge on any atom is 0.297 e. The summed E-state index contributed by atoms with van der Waals surface area (Å²) < 4.78 is 255. The molecule has 21 heterocycles. The van der Waals surface area contributed by atoms with E-state index in [1.807, 2.05) is 6.92 Å². The van der Waals surface area contributed by atoms with E-state index in [1.54, 1.807) is 12.1 Å². The van der Waals surface area contributed by atoms with E-state index in [-0.39, 0.29) is 44.5 Å². The molecule has 21 fully saturated rings. The van der Waals surface area contributed by atoms with E-state index in [4.69, 9.17) is 165 Å². The van der Waals surface area contributed by atoms with Gasteiger partial charge in [-0.15, -0.1) is 0 Å². The molecule has 0 aliphatic carbocycles. The quantitative estimate of drug-likeness (QED) is 0.0882. The van der Waals surface area contributed by atoms with E-state index in [0.29, 0.717) is 0 Å². The molecule has 35 atom stereocenters. The van der Waals surface area contributed by atoms with Crippen molar-refractivity contribution in [2.24, 2.45) is 0 Å². The normalized spacial score (nSPS) is 43.3. The van der Waals surface area contributed by atoms with Gasteiger partial charge in [0.2, 0.25) is 0 Å². The fraction of sp³-hybridized carbons (Fsp3) is 0.913. The minimum atomic E-state index is -4.51. The van der Waals surface area contributed by atoms with Crippen LogP contribution >= 0.6 is 0 Å². The molecular weight excluding hydrogens is 1450 g/mol. The molecule has 107 heavy (non-hydrogen) atoms. The Morgan fingerprint density at radius 3 is 0.542 bits per heavy atom. The van der Waals surface area contributed by atoms with Crippen molar-refractivity contribution in [3.8, 4) is 0 Å². The van der Waals surface area contributed by atoms with E-state index in [9.17, 15) is 8.42 Å². The molecule has 1 aromatic rings. The minimum Gasteiger partial charge on any atom is -0.382 e. The van der Waals surface area contributed by atoms with Crippen LogP contribution in [0.15, 0.2) is 29.2 Å². The first-order chi connectivity index (χ1) is 51.8. The molecule has 0 amide bonds. The lowest BCUT2D eigenvalue weighted by molar-refractivity contribution is -0.402. The van der Waals surface area contributed by atoms with Crippen LogP contribution < -0.4 is 0 Å². The molecule has 0 unspecified atom stereocenters. The van der Waals surface area contributed by atoms with E-state index in [1.165, 1.54) is 154 Å². The summed E-state index contributed by atoms with van der Waals surface area (Å²) in [7, 11) is 24.9. The molecule has 21 aliphatic rings. The van der Waals surface area contributed by atoms with Gasteiger partial charge < -0.3 is 161 Å². The first-order valence-electron chi connectivity index (χ1n) is 35.3. The second-order valence-corrected chi connectivity index (χ2v) is 28.2. The molecule has 38 heteroatoms. The summed E-state index contributed by atoms with van der Waals surface area (Å²) in [5.41, 5.74) is 0.813. The molecule has 0 aromatic heterocycles. The molecule has 37 nitrogen and oxygen atoms in total. The van der Waals surface area contributed by atoms with Gasteiger partial charge in [-0.2, -0.15) is 8.42 Å². The highest BCUT2D eigenvalue weighted by Gasteiger charge is 2.62. The third-order valence-corrected chi connectivity index (χ3v) is 22.0. The first-order valence-corrected chi connectivity index (χ1v) is 36.7. The van der Waals surface area contributed by atoms with Crippen molar-refractivity contribution in [1.29, 1.82) is 0 Å². The predicted molar refractivity (Wildman–Crippen MR) is 361 cm³/mol. The van der Waals surface area contributed by atoms with Crippen LogP contribution in [0, 0.1) is 6.92 Å². The van der Waals surface area contributed by atoms with Crippen LogP contribution in [0.2, 0.25) is 0 Å². The molecule has 21 saturated heterocycles. The van der Waals surface area contributed by atoms with Gasteiger partial charge in [0, 0.05) is 142 Å². The average molecular weight is 1570 g/mol. The van der Waals surface area contributed by atoms with Gasteiger partial charge in [0.05, 0.1) is 51.1 Å². The van der Waals surface area contributed by atoms with Gasteiger partial charge >= 0.3 is 0 Å². The van der Waals surface area contributed by atoms with E-state index < -0.39 is 232 Å². The molecule has 14 bridgehead atoms. The second kappa shape index (κ2) is 42.4. The Balaban J connectivity index is 1.16. The summed E-state index contributed by atoms with van der Waals surface area (Å²) in [6.45, 7) is 0.556. The number of rotatable bonds is 30. The average Bonchev–Trinajstić information content (AvgIpc) is 0.778. The highest BCUT2D eigenvalue weighted by atomic mass is 32.2. The van der Waals surface area contributed by atoms with Crippen molar-refractivity contribution >= 4 is 10.1 Å². The lowest BCUT2D eigenvalue weighted by Gasteiger charge is -2.52. The topological polar surface area (TPSA) is 357 Å². The zero-order chi connectivity index (χ0) is 77.4. The SMILES string of the molecule is COC[C@H]1O[C@@H]2O[C@H]3[C@H](OC)[C@@H](OC)[C@@H](O[C@H]4[C@H](OC)[C@@H](OC)[C@@H](O[C@H]5[C@H](OC)[C@@H](OC)[C@@H](O[C@H]6[C@H](OC)[C@@H](OC)[C@@H](O[C@H]7[C@H](OC)[C@@H](OC)[C@@H](O[C@H]8[C@H](OC)[C@@H](OC)[C@@H](O[C@H]1[C@H](OC)[C@H]2OC)O[C@@H]8COC)O[C@@H]7COC)O[C@@H]6COC)O[C@@H]5COS(=O)(=O)c1ccc(C)cc1)O[C@@H]4COC)O[C@@H]3COC. The Bertz CT molecular complexity index is 2790. The molecule has 22 rings (SSSR count). The fourth-order valence-electron chi connectivity index (χ4n) is 15.6. The second-order valence-electron chi connectivity index (χ2n) is 26.6. The van der Waals surface area contributed by atoms with Gasteiger partial charge in [0.1, 0.15) is 171 Å². The van der Waals surface area contributed by atoms with Crippen LogP contribution in [-0.2, 0) is 175 Å². The summed E-state index contributed by atoms with van der Waals surface area (Å²) in [6, 6.07) is 6.14. The smallest absolute Gasteiger partial charge is 0.297 e. The first kappa shape index (κ1) is 88.7. The third-order valence-electron chi connectivity index (χ3n) is 20.7. The molecule has 0 N–H and O–H groups in total. The summed E-state index contributed by atoms with van der Waals surface area (Å²) in [6.07, 6.45) is -39.7. The van der Waals surface area contributed by atoms with Crippen LogP contribution in [0.3, 0.4) is 0 Å². The number of ether oxygens (including phenoxy) is 34. The Morgan fingerprint density at radius 1 is 0.234 bits per heavy atom. The van der Waals surface area contributed by atoms with Crippen LogP contribution in [0.5, 0.6) is 0 Å². The number of methoxy groups -OCH3 is 20. The van der Waals surface area contributed by atoms with Crippen LogP contribution in [0.1, 0.15) is 5.56 Å². The molecule has 21 aliphatic heterocycles. The van der Waals surface area contributed by atoms with E-state index in [0.717, 1.165) is 5.56 Å². The van der Waals surface area contributed by atoms with Gasteiger partial charge in [-0.3, -0.25) is 4.18 Å². The van der Waals surface area contributed by atoms with Crippen molar-refractivity contribution in [2.75, 3.05) is 188 Å².